The molecular formula is C19H23Br. The third kappa shape index (κ3) is 3.73. The van der Waals surface area contributed by atoms with Gasteiger partial charge in [-0.2, -0.15) is 0 Å². The first-order chi connectivity index (χ1) is 9.74. The molecule has 0 saturated carbocycles. The van der Waals surface area contributed by atoms with E-state index in [1.807, 2.05) is 0 Å². The van der Waals surface area contributed by atoms with E-state index in [-0.39, 0.29) is 0 Å². The van der Waals surface area contributed by atoms with Gasteiger partial charge in [-0.3, -0.25) is 0 Å². The summed E-state index contributed by atoms with van der Waals surface area (Å²) in [6.07, 6.45) is 2.44. The molecule has 0 amide bonds. The Bertz CT molecular complexity index is 452. The van der Waals surface area contributed by atoms with Crippen LogP contribution in [0.3, 0.4) is 0 Å². The molecule has 0 heterocycles. The number of hydrogen-bond donors (Lipinski definition) is 0. The van der Waals surface area contributed by atoms with E-state index in [0.29, 0.717) is 16.7 Å². The van der Waals surface area contributed by atoms with Gasteiger partial charge in [-0.1, -0.05) is 96.9 Å². The van der Waals surface area contributed by atoms with Crippen LogP contribution in [0.25, 0.3) is 0 Å². The first-order valence-corrected chi connectivity index (χ1v) is 8.39. The maximum Gasteiger partial charge on any atom is 0.0180 e. The van der Waals surface area contributed by atoms with Crippen molar-refractivity contribution in [3.05, 3.63) is 71.8 Å². The minimum absolute atomic E-state index is 0.452. The highest BCUT2D eigenvalue weighted by molar-refractivity contribution is 9.09. The molecule has 2 atom stereocenters. The molecular weight excluding hydrogens is 308 g/mol. The predicted molar refractivity (Wildman–Crippen MR) is 91.5 cm³/mol. The smallest absolute Gasteiger partial charge is 0.0180 e. The standard InChI is InChI=1S/C19H23Br/c1-3-10-18(20)15(2)19(16-11-6-4-7-12-16)17-13-8-5-9-14-17/h4-9,11-15,18-19H,3,10H2,1-2H3. The third-order valence-electron chi connectivity index (χ3n) is 3.98. The highest BCUT2D eigenvalue weighted by Crippen LogP contribution is 2.37. The van der Waals surface area contributed by atoms with E-state index in [2.05, 4.69) is 90.4 Å². The molecule has 1 heteroatoms. The Labute approximate surface area is 131 Å². The molecule has 0 saturated heterocycles. The Morgan fingerprint density at radius 3 is 1.70 bits per heavy atom. The van der Waals surface area contributed by atoms with Gasteiger partial charge in [0.2, 0.25) is 0 Å². The van der Waals surface area contributed by atoms with Gasteiger partial charge in [0.1, 0.15) is 0 Å². The number of rotatable bonds is 6. The van der Waals surface area contributed by atoms with Gasteiger partial charge in [-0.15, -0.1) is 0 Å². The van der Waals surface area contributed by atoms with E-state index in [1.54, 1.807) is 0 Å². The van der Waals surface area contributed by atoms with Crippen molar-refractivity contribution in [3.63, 3.8) is 0 Å². The maximum atomic E-state index is 3.90. The van der Waals surface area contributed by atoms with Gasteiger partial charge in [0.25, 0.3) is 0 Å². The summed E-state index contributed by atoms with van der Waals surface area (Å²) >= 11 is 3.90. The normalized spacial score (nSPS) is 14.2. The molecule has 0 nitrogen and oxygen atoms in total. The van der Waals surface area contributed by atoms with Crippen LogP contribution in [0.4, 0.5) is 0 Å². The molecule has 0 aliphatic heterocycles. The Morgan fingerprint density at radius 2 is 1.30 bits per heavy atom. The molecule has 0 fully saturated rings. The van der Waals surface area contributed by atoms with Crippen LogP contribution < -0.4 is 0 Å². The number of benzene rings is 2. The van der Waals surface area contributed by atoms with E-state index in [4.69, 9.17) is 0 Å². The molecule has 0 N–H and O–H groups in total. The van der Waals surface area contributed by atoms with Gasteiger partial charge in [0.05, 0.1) is 0 Å². The van der Waals surface area contributed by atoms with Gasteiger partial charge in [0.15, 0.2) is 0 Å². The molecule has 2 aromatic carbocycles. The summed E-state index contributed by atoms with van der Waals surface area (Å²) < 4.78 is 0. The van der Waals surface area contributed by atoms with Crippen LogP contribution in [0.15, 0.2) is 60.7 Å². The lowest BCUT2D eigenvalue weighted by molar-refractivity contribution is 0.475. The zero-order valence-corrected chi connectivity index (χ0v) is 13.9. The SMILES string of the molecule is CCCC(Br)C(C)C(c1ccccc1)c1ccccc1. The molecule has 2 aromatic rings. The lowest BCUT2D eigenvalue weighted by Crippen LogP contribution is -2.20. The summed E-state index contributed by atoms with van der Waals surface area (Å²) in [7, 11) is 0. The molecule has 0 aromatic heterocycles. The fourth-order valence-electron chi connectivity index (χ4n) is 2.87. The molecule has 2 rings (SSSR count). The van der Waals surface area contributed by atoms with Crippen LogP contribution in [0.5, 0.6) is 0 Å². The van der Waals surface area contributed by atoms with Crippen molar-refractivity contribution in [1.82, 2.24) is 0 Å². The summed E-state index contributed by atoms with van der Waals surface area (Å²) in [5.41, 5.74) is 2.82. The van der Waals surface area contributed by atoms with Crippen molar-refractivity contribution in [2.45, 2.75) is 37.4 Å². The van der Waals surface area contributed by atoms with E-state index in [1.165, 1.54) is 24.0 Å². The molecule has 20 heavy (non-hydrogen) atoms. The van der Waals surface area contributed by atoms with E-state index in [0.717, 1.165) is 0 Å². The topological polar surface area (TPSA) is 0 Å². The number of halogens is 1. The molecule has 0 bridgehead atoms. The lowest BCUT2D eigenvalue weighted by Gasteiger charge is -2.29. The first kappa shape index (κ1) is 15.3. The van der Waals surface area contributed by atoms with E-state index < -0.39 is 0 Å². The number of hydrogen-bond acceptors (Lipinski definition) is 0. The zero-order chi connectivity index (χ0) is 14.4. The summed E-state index contributed by atoms with van der Waals surface area (Å²) in [4.78, 5) is 0.554. The zero-order valence-electron chi connectivity index (χ0n) is 12.3. The molecule has 0 aliphatic carbocycles. The number of alkyl halides is 1. The Hall–Kier alpha value is -1.08. The van der Waals surface area contributed by atoms with Crippen molar-refractivity contribution in [3.8, 4) is 0 Å². The Kier molecular flexibility index (Phi) is 5.85. The van der Waals surface area contributed by atoms with Crippen LogP contribution in [-0.2, 0) is 0 Å². The average Bonchev–Trinajstić information content (AvgIpc) is 2.50. The quantitative estimate of drug-likeness (QED) is 0.568. The van der Waals surface area contributed by atoms with Crippen LogP contribution in [0, 0.1) is 5.92 Å². The van der Waals surface area contributed by atoms with Crippen molar-refractivity contribution >= 4 is 15.9 Å². The summed E-state index contributed by atoms with van der Waals surface area (Å²) in [5, 5.41) is 0. The minimum Gasteiger partial charge on any atom is -0.0887 e. The monoisotopic (exact) mass is 330 g/mol. The summed E-state index contributed by atoms with van der Waals surface area (Å²) in [5.74, 6) is 1.02. The molecule has 2 unspecified atom stereocenters. The maximum absolute atomic E-state index is 3.90. The van der Waals surface area contributed by atoms with Crippen molar-refractivity contribution in [1.29, 1.82) is 0 Å². The van der Waals surface area contributed by atoms with Crippen molar-refractivity contribution < 1.29 is 0 Å². The van der Waals surface area contributed by atoms with Crippen molar-refractivity contribution in [2.75, 3.05) is 0 Å². The average molecular weight is 331 g/mol. The highest BCUT2D eigenvalue weighted by Gasteiger charge is 2.26. The van der Waals surface area contributed by atoms with E-state index in [9.17, 15) is 0 Å². The molecule has 0 radical (unpaired) electrons. The van der Waals surface area contributed by atoms with Crippen LogP contribution in [-0.4, -0.2) is 4.83 Å². The van der Waals surface area contributed by atoms with E-state index >= 15 is 0 Å². The molecule has 106 valence electrons. The largest absolute Gasteiger partial charge is 0.0887 e. The second kappa shape index (κ2) is 7.64. The van der Waals surface area contributed by atoms with Gasteiger partial charge in [0, 0.05) is 10.7 Å². The molecule has 0 spiro atoms. The van der Waals surface area contributed by atoms with Gasteiger partial charge < -0.3 is 0 Å². The first-order valence-electron chi connectivity index (χ1n) is 7.48. The van der Waals surface area contributed by atoms with Crippen LogP contribution in [0.2, 0.25) is 0 Å². The van der Waals surface area contributed by atoms with Gasteiger partial charge in [-0.25, -0.2) is 0 Å². The second-order valence-corrected chi connectivity index (χ2v) is 6.64. The fourth-order valence-corrected chi connectivity index (χ4v) is 3.63. The highest BCUT2D eigenvalue weighted by atomic mass is 79.9. The third-order valence-corrected chi connectivity index (χ3v) is 5.27. The second-order valence-electron chi connectivity index (χ2n) is 5.46. The Morgan fingerprint density at radius 1 is 0.850 bits per heavy atom. The summed E-state index contributed by atoms with van der Waals surface area (Å²) in [6.45, 7) is 4.61. The molecule has 0 aliphatic rings. The van der Waals surface area contributed by atoms with Crippen molar-refractivity contribution in [2.24, 2.45) is 5.92 Å². The Balaban J connectivity index is 2.35. The fraction of sp³-hybridized carbons (Fsp3) is 0.368. The summed E-state index contributed by atoms with van der Waals surface area (Å²) in [6, 6.07) is 21.7. The van der Waals surface area contributed by atoms with Gasteiger partial charge >= 0.3 is 0 Å². The van der Waals surface area contributed by atoms with Crippen LogP contribution in [0.1, 0.15) is 43.7 Å². The lowest BCUT2D eigenvalue weighted by atomic mass is 9.79. The van der Waals surface area contributed by atoms with Gasteiger partial charge in [-0.05, 0) is 23.5 Å². The predicted octanol–water partition coefficient (Wildman–Crippen LogP) is 6.02. The van der Waals surface area contributed by atoms with Crippen LogP contribution >= 0.6 is 15.9 Å². The minimum atomic E-state index is 0.452.